The normalized spacial score (nSPS) is 10.9. The summed E-state index contributed by atoms with van der Waals surface area (Å²) in [5.41, 5.74) is 0.844. The molecule has 0 aliphatic heterocycles. The van der Waals surface area contributed by atoms with Gasteiger partial charge in [0, 0.05) is 12.2 Å². The van der Waals surface area contributed by atoms with Crippen molar-refractivity contribution in [3.63, 3.8) is 0 Å². The summed E-state index contributed by atoms with van der Waals surface area (Å²) in [5.74, 6) is -0.546. The van der Waals surface area contributed by atoms with Gasteiger partial charge in [0.2, 0.25) is 10.8 Å². The largest absolute Gasteiger partial charge is 0.494 e. The first kappa shape index (κ1) is 40.0. The molecule has 0 aliphatic rings. The minimum atomic E-state index is -0.889. The van der Waals surface area contributed by atoms with Crippen LogP contribution in [0.2, 0.25) is 0 Å². The highest BCUT2D eigenvalue weighted by Crippen LogP contribution is 2.25. The van der Waals surface area contributed by atoms with Crippen LogP contribution in [-0.4, -0.2) is 54.4 Å². The molecule has 0 aliphatic carbocycles. The summed E-state index contributed by atoms with van der Waals surface area (Å²) in [7, 11) is 0. The lowest BCUT2D eigenvalue weighted by Crippen LogP contribution is -2.10. The van der Waals surface area contributed by atoms with Gasteiger partial charge < -0.3 is 23.7 Å². The molecule has 0 N–H and O–H groups in total. The first-order chi connectivity index (χ1) is 25.2. The number of unbranched alkanes of at least 4 members (excludes halogenated alkanes) is 2. The van der Waals surface area contributed by atoms with Crippen molar-refractivity contribution >= 4 is 46.9 Å². The van der Waals surface area contributed by atoms with Gasteiger partial charge in [-0.3, -0.25) is 4.79 Å². The van der Waals surface area contributed by atoms with Gasteiger partial charge in [-0.2, -0.15) is 5.26 Å². The Labute approximate surface area is 305 Å². The number of hydrogen-bond acceptors (Lipinski definition) is 12. The zero-order valence-electron chi connectivity index (χ0n) is 28.2. The average molecular weight is 722 g/mol. The van der Waals surface area contributed by atoms with Crippen molar-refractivity contribution in [3.8, 4) is 23.3 Å². The van der Waals surface area contributed by atoms with Crippen molar-refractivity contribution in [2.24, 2.45) is 0 Å². The maximum absolute atomic E-state index is 12.8. The van der Waals surface area contributed by atoms with Crippen molar-refractivity contribution in [1.82, 2.24) is 4.98 Å². The van der Waals surface area contributed by atoms with E-state index in [1.165, 1.54) is 30.5 Å². The van der Waals surface area contributed by atoms with E-state index in [1.807, 2.05) is 6.07 Å². The van der Waals surface area contributed by atoms with Crippen molar-refractivity contribution in [1.29, 1.82) is 5.26 Å². The van der Waals surface area contributed by atoms with Gasteiger partial charge in [0.1, 0.15) is 33.9 Å². The summed E-state index contributed by atoms with van der Waals surface area (Å²) in [5, 5.41) is 9.31. The van der Waals surface area contributed by atoms with Gasteiger partial charge >= 0.3 is 17.9 Å². The van der Waals surface area contributed by atoms with Gasteiger partial charge in [0.15, 0.2) is 0 Å². The molecule has 0 spiro atoms. The van der Waals surface area contributed by atoms with E-state index >= 15 is 0 Å². The highest BCUT2D eigenvalue weighted by atomic mass is 32.2. The second-order valence-electron chi connectivity index (χ2n) is 10.4. The molecule has 3 rings (SSSR count). The topological polar surface area (TPSA) is 155 Å². The van der Waals surface area contributed by atoms with Crippen molar-refractivity contribution < 1.29 is 42.9 Å². The third-order valence-electron chi connectivity index (χ3n) is 6.60. The number of carbonyl (C=O) groups excluding carboxylic acids is 4. The van der Waals surface area contributed by atoms with E-state index in [2.05, 4.69) is 23.0 Å². The summed E-state index contributed by atoms with van der Waals surface area (Å²) in [6.45, 7) is 15.6. The van der Waals surface area contributed by atoms with Gasteiger partial charge in [-0.15, -0.1) is 0 Å². The Morgan fingerprint density at radius 2 is 1.25 bits per heavy atom. The lowest BCUT2D eigenvalue weighted by atomic mass is 10.1. The molecule has 3 aromatic rings. The number of carbonyl (C=O) groups is 4. The number of aromatic nitrogens is 1. The molecule has 0 saturated heterocycles. The van der Waals surface area contributed by atoms with Crippen LogP contribution in [0.5, 0.6) is 17.2 Å². The molecule has 0 amide bonds. The number of rotatable bonds is 20. The molecule has 266 valence electrons. The maximum atomic E-state index is 12.8. The van der Waals surface area contributed by atoms with E-state index in [0.717, 1.165) is 23.9 Å². The molecule has 0 unspecified atom stereocenters. The van der Waals surface area contributed by atoms with Crippen LogP contribution in [0.4, 0.5) is 0 Å². The van der Waals surface area contributed by atoms with Crippen LogP contribution in [0.25, 0.3) is 17.0 Å². The third-order valence-corrected chi connectivity index (χ3v) is 7.44. The SMILES string of the molecule is [C-]#[N+]/C(=C\c1ccc(OCCCCOC(=O)C=C)cc1)C(=O)Sc1ccc(OC(=O)/C(C#N)=C/c2ccc(OCCCCOC(=O)C=C)cc2)cn1. The molecule has 13 heteroatoms. The fourth-order valence-corrected chi connectivity index (χ4v) is 4.61. The van der Waals surface area contributed by atoms with E-state index in [1.54, 1.807) is 48.5 Å². The average Bonchev–Trinajstić information content (AvgIpc) is 3.16. The lowest BCUT2D eigenvalue weighted by Gasteiger charge is -2.07. The second-order valence-corrected chi connectivity index (χ2v) is 11.4. The van der Waals surface area contributed by atoms with Crippen LogP contribution in [0.15, 0.2) is 108 Å². The van der Waals surface area contributed by atoms with Gasteiger partial charge in [-0.25, -0.2) is 24.2 Å². The van der Waals surface area contributed by atoms with Gasteiger partial charge in [-0.05, 0) is 97.1 Å². The Kier molecular flexibility index (Phi) is 17.2. The standard InChI is InChI=1S/C39H35N3O9S/c1-4-36(43)49-22-8-6-20-47-31-14-10-28(11-15-31)24-30(26-40)38(45)51-33-18-19-35(42-27-33)52-39(46)34(41-3)25-29-12-16-32(17-13-29)48-21-7-9-23-50-37(44)5-2/h4-5,10-19,24-25,27H,1-2,6-9,20-23H2/b30-24+,34-25-. The molecule has 2 aromatic carbocycles. The van der Waals surface area contributed by atoms with Crippen LogP contribution < -0.4 is 14.2 Å². The van der Waals surface area contributed by atoms with Crippen LogP contribution in [0.3, 0.4) is 0 Å². The predicted octanol–water partition coefficient (Wildman–Crippen LogP) is 6.95. The molecule has 0 radical (unpaired) electrons. The van der Waals surface area contributed by atoms with Crippen LogP contribution in [-0.2, 0) is 28.7 Å². The van der Waals surface area contributed by atoms with Gasteiger partial charge in [0.25, 0.3) is 0 Å². The number of benzene rings is 2. The minimum Gasteiger partial charge on any atom is -0.494 e. The molecular weight excluding hydrogens is 687 g/mol. The number of hydrogen-bond donors (Lipinski definition) is 0. The summed E-state index contributed by atoms with van der Waals surface area (Å²) in [6, 6.07) is 18.4. The lowest BCUT2D eigenvalue weighted by molar-refractivity contribution is -0.138. The molecule has 0 fully saturated rings. The number of thioether (sulfide) groups is 1. The zero-order valence-corrected chi connectivity index (χ0v) is 29.0. The first-order valence-electron chi connectivity index (χ1n) is 15.9. The Hall–Kier alpha value is -6.44. The van der Waals surface area contributed by atoms with E-state index in [-0.39, 0.29) is 35.3 Å². The predicted molar refractivity (Wildman–Crippen MR) is 194 cm³/mol. The van der Waals surface area contributed by atoms with Gasteiger partial charge in [0.05, 0.1) is 39.2 Å². The van der Waals surface area contributed by atoms with Crippen LogP contribution in [0, 0.1) is 17.9 Å². The first-order valence-corrected chi connectivity index (χ1v) is 16.7. The quantitative estimate of drug-likeness (QED) is 0.0296. The van der Waals surface area contributed by atoms with Crippen LogP contribution in [0.1, 0.15) is 36.8 Å². The smallest absolute Gasteiger partial charge is 0.354 e. The third kappa shape index (κ3) is 14.6. The Morgan fingerprint density at radius 1 is 0.750 bits per heavy atom. The zero-order chi connectivity index (χ0) is 37.6. The van der Waals surface area contributed by atoms with E-state index in [9.17, 15) is 24.4 Å². The second kappa shape index (κ2) is 22.3. The van der Waals surface area contributed by atoms with Crippen molar-refractivity contribution in [2.75, 3.05) is 26.4 Å². The molecule has 12 nitrogen and oxygen atoms in total. The summed E-state index contributed by atoms with van der Waals surface area (Å²) >= 11 is 0.742. The number of pyridine rings is 1. The molecule has 0 atom stereocenters. The molecule has 0 bridgehead atoms. The van der Waals surface area contributed by atoms with E-state index in [4.69, 9.17) is 30.3 Å². The Balaban J connectivity index is 1.47. The molecular formula is C39H35N3O9S. The fraction of sp³-hybridized carbons (Fsp3) is 0.205. The molecule has 0 saturated carbocycles. The van der Waals surface area contributed by atoms with E-state index < -0.39 is 23.0 Å². The number of ether oxygens (including phenoxy) is 5. The monoisotopic (exact) mass is 721 g/mol. The maximum Gasteiger partial charge on any atom is 0.354 e. The number of esters is 3. The van der Waals surface area contributed by atoms with E-state index in [0.29, 0.717) is 61.5 Å². The molecule has 1 aromatic heterocycles. The highest BCUT2D eigenvalue weighted by molar-refractivity contribution is 8.14. The number of nitriles is 1. The van der Waals surface area contributed by atoms with Crippen molar-refractivity contribution in [2.45, 2.75) is 30.7 Å². The Bertz CT molecular complexity index is 1720. The summed E-state index contributed by atoms with van der Waals surface area (Å²) in [4.78, 5) is 55.1. The van der Waals surface area contributed by atoms with Gasteiger partial charge in [-0.1, -0.05) is 37.4 Å². The number of nitrogens with zero attached hydrogens (tertiary/aromatic N) is 3. The summed E-state index contributed by atoms with van der Waals surface area (Å²) < 4.78 is 26.5. The minimum absolute atomic E-state index is 0.0605. The molecule has 1 heterocycles. The summed E-state index contributed by atoms with van der Waals surface area (Å²) in [6.07, 6.45) is 8.95. The molecule has 52 heavy (non-hydrogen) atoms. The van der Waals surface area contributed by atoms with Crippen LogP contribution >= 0.6 is 11.8 Å². The highest BCUT2D eigenvalue weighted by Gasteiger charge is 2.16. The fourth-order valence-electron chi connectivity index (χ4n) is 3.97. The Morgan fingerprint density at radius 3 is 1.71 bits per heavy atom. The van der Waals surface area contributed by atoms with Crippen molar-refractivity contribution in [3.05, 3.63) is 126 Å².